The molecule has 0 spiro atoms. The maximum absolute atomic E-state index is 12.9. The van der Waals surface area contributed by atoms with Gasteiger partial charge in [0, 0.05) is 37.8 Å². The molecule has 0 unspecified atom stereocenters. The number of rotatable bonds is 3. The van der Waals surface area contributed by atoms with Gasteiger partial charge < -0.3 is 15.1 Å². The fraction of sp³-hybridized carbons (Fsp3) is 0.421. The first-order chi connectivity index (χ1) is 12.1. The van der Waals surface area contributed by atoms with E-state index in [1.807, 2.05) is 35.2 Å². The number of benzene rings is 1. The van der Waals surface area contributed by atoms with E-state index < -0.39 is 5.41 Å². The lowest BCUT2D eigenvalue weighted by molar-refractivity contribution is -0.143. The molecule has 0 radical (unpaired) electrons. The highest BCUT2D eigenvalue weighted by Crippen LogP contribution is 2.48. The van der Waals surface area contributed by atoms with Gasteiger partial charge in [0.25, 0.3) is 0 Å². The van der Waals surface area contributed by atoms with E-state index in [1.165, 1.54) is 0 Å². The van der Waals surface area contributed by atoms with Crippen LogP contribution in [0, 0.1) is 5.41 Å². The van der Waals surface area contributed by atoms with Gasteiger partial charge in [-0.05, 0) is 32.0 Å². The number of anilines is 1. The van der Waals surface area contributed by atoms with Gasteiger partial charge in [0.05, 0.1) is 11.2 Å². The normalized spacial score (nSPS) is 19.6. The molecule has 6 nitrogen and oxygen atoms in total. The summed E-state index contributed by atoms with van der Waals surface area (Å²) >= 11 is 0. The van der Waals surface area contributed by atoms with E-state index in [1.54, 1.807) is 6.20 Å². The fourth-order valence-electron chi connectivity index (χ4n) is 3.42. The molecule has 1 saturated heterocycles. The summed E-state index contributed by atoms with van der Waals surface area (Å²) in [4.78, 5) is 34.2. The molecular formula is C19H22N4O2. The number of carbonyl (C=O) groups is 2. The van der Waals surface area contributed by atoms with E-state index in [2.05, 4.69) is 22.2 Å². The maximum Gasteiger partial charge on any atom is 0.240 e. The van der Waals surface area contributed by atoms with Gasteiger partial charge in [-0.1, -0.05) is 18.2 Å². The largest absolute Gasteiger partial charge is 0.339 e. The van der Waals surface area contributed by atoms with Crippen molar-refractivity contribution in [1.29, 1.82) is 0 Å². The van der Waals surface area contributed by atoms with Crippen LogP contribution >= 0.6 is 0 Å². The van der Waals surface area contributed by atoms with E-state index in [0.29, 0.717) is 31.6 Å². The topological polar surface area (TPSA) is 65.5 Å². The van der Waals surface area contributed by atoms with Crippen molar-refractivity contribution in [1.82, 2.24) is 14.8 Å². The van der Waals surface area contributed by atoms with Crippen molar-refractivity contribution in [3.63, 3.8) is 0 Å². The smallest absolute Gasteiger partial charge is 0.240 e. The lowest BCUT2D eigenvalue weighted by Gasteiger charge is -2.34. The zero-order chi connectivity index (χ0) is 17.4. The van der Waals surface area contributed by atoms with E-state index in [0.717, 1.165) is 24.0 Å². The zero-order valence-corrected chi connectivity index (χ0v) is 14.4. The van der Waals surface area contributed by atoms with Gasteiger partial charge >= 0.3 is 0 Å². The molecule has 2 fully saturated rings. The number of hydrogen-bond acceptors (Lipinski definition) is 4. The summed E-state index contributed by atoms with van der Waals surface area (Å²) in [6.07, 6.45) is 2.96. The van der Waals surface area contributed by atoms with Gasteiger partial charge in [-0.25, -0.2) is 0 Å². The predicted molar refractivity (Wildman–Crippen MR) is 96.1 cm³/mol. The minimum absolute atomic E-state index is 0.0219. The summed E-state index contributed by atoms with van der Waals surface area (Å²) in [5.41, 5.74) is 0.536. The molecule has 2 heterocycles. The minimum Gasteiger partial charge on any atom is -0.339 e. The minimum atomic E-state index is -0.882. The molecule has 2 amide bonds. The second kappa shape index (κ2) is 6.11. The molecule has 1 aromatic heterocycles. The first kappa shape index (κ1) is 16.0. The Morgan fingerprint density at radius 2 is 1.80 bits per heavy atom. The summed E-state index contributed by atoms with van der Waals surface area (Å²) in [6.45, 7) is 3.10. The molecule has 6 heteroatoms. The van der Waals surface area contributed by atoms with Gasteiger partial charge in [0.2, 0.25) is 11.8 Å². The SMILES string of the molecule is CN1CCN(C(=O)C2(C(=O)Nc3cccc4cccnc34)CC2)CC1. The number of aromatic nitrogens is 1. The molecule has 2 aliphatic rings. The number of fused-ring (bicyclic) bond motifs is 1. The Hall–Kier alpha value is -2.47. The third kappa shape index (κ3) is 2.87. The maximum atomic E-state index is 12.9. The summed E-state index contributed by atoms with van der Waals surface area (Å²) in [6, 6.07) is 9.51. The van der Waals surface area contributed by atoms with Gasteiger partial charge in [-0.15, -0.1) is 0 Å². The van der Waals surface area contributed by atoms with Gasteiger partial charge in [-0.2, -0.15) is 0 Å². The number of carbonyl (C=O) groups excluding carboxylic acids is 2. The number of amides is 2. The number of para-hydroxylation sites is 1. The molecule has 1 N–H and O–H groups in total. The Kier molecular flexibility index (Phi) is 3.92. The number of nitrogens with zero attached hydrogens (tertiary/aromatic N) is 3. The van der Waals surface area contributed by atoms with Crippen molar-refractivity contribution < 1.29 is 9.59 Å². The number of pyridine rings is 1. The average molecular weight is 338 g/mol. The molecule has 1 aromatic carbocycles. The number of hydrogen-bond donors (Lipinski definition) is 1. The summed E-state index contributed by atoms with van der Waals surface area (Å²) in [5, 5.41) is 3.93. The van der Waals surface area contributed by atoms with Crippen molar-refractivity contribution in [2.24, 2.45) is 5.41 Å². The van der Waals surface area contributed by atoms with Crippen molar-refractivity contribution in [3.8, 4) is 0 Å². The van der Waals surface area contributed by atoms with Crippen LogP contribution in [0.1, 0.15) is 12.8 Å². The number of piperazine rings is 1. The monoisotopic (exact) mass is 338 g/mol. The van der Waals surface area contributed by atoms with Crippen LogP contribution in [0.4, 0.5) is 5.69 Å². The third-order valence-corrected chi connectivity index (χ3v) is 5.27. The average Bonchev–Trinajstić information content (AvgIpc) is 3.44. The molecule has 4 rings (SSSR count). The van der Waals surface area contributed by atoms with Crippen LogP contribution in [-0.4, -0.2) is 59.8 Å². The van der Waals surface area contributed by atoms with Crippen LogP contribution in [0.3, 0.4) is 0 Å². The second-order valence-corrected chi connectivity index (χ2v) is 7.01. The van der Waals surface area contributed by atoms with Crippen LogP contribution in [0.2, 0.25) is 0 Å². The Balaban J connectivity index is 1.53. The molecule has 2 aromatic rings. The van der Waals surface area contributed by atoms with Crippen molar-refractivity contribution in [3.05, 3.63) is 36.5 Å². The lowest BCUT2D eigenvalue weighted by atomic mass is 10.0. The predicted octanol–water partition coefficient (Wildman–Crippen LogP) is 1.73. The van der Waals surface area contributed by atoms with E-state index in [9.17, 15) is 9.59 Å². The molecule has 0 atom stereocenters. The highest BCUT2D eigenvalue weighted by Gasteiger charge is 2.58. The quantitative estimate of drug-likeness (QED) is 0.866. The van der Waals surface area contributed by atoms with Crippen LogP contribution in [-0.2, 0) is 9.59 Å². The van der Waals surface area contributed by atoms with E-state index in [4.69, 9.17) is 0 Å². The number of nitrogens with one attached hydrogen (secondary N) is 1. The third-order valence-electron chi connectivity index (χ3n) is 5.27. The Morgan fingerprint density at radius 1 is 1.08 bits per heavy atom. The second-order valence-electron chi connectivity index (χ2n) is 7.01. The first-order valence-electron chi connectivity index (χ1n) is 8.73. The van der Waals surface area contributed by atoms with E-state index >= 15 is 0 Å². The highest BCUT2D eigenvalue weighted by atomic mass is 16.2. The molecule has 25 heavy (non-hydrogen) atoms. The Morgan fingerprint density at radius 3 is 2.52 bits per heavy atom. The molecule has 1 saturated carbocycles. The van der Waals surface area contributed by atoms with Crippen LogP contribution in [0.15, 0.2) is 36.5 Å². The summed E-state index contributed by atoms with van der Waals surface area (Å²) < 4.78 is 0. The molecular weight excluding hydrogens is 316 g/mol. The van der Waals surface area contributed by atoms with Crippen molar-refractivity contribution in [2.45, 2.75) is 12.8 Å². The molecule has 0 bridgehead atoms. The van der Waals surface area contributed by atoms with Crippen molar-refractivity contribution in [2.75, 3.05) is 38.5 Å². The highest BCUT2D eigenvalue weighted by molar-refractivity contribution is 6.14. The van der Waals surface area contributed by atoms with Gasteiger partial charge in [0.15, 0.2) is 0 Å². The first-order valence-corrected chi connectivity index (χ1v) is 8.73. The fourth-order valence-corrected chi connectivity index (χ4v) is 3.42. The standard InChI is InChI=1S/C19H22N4O2/c1-22-10-12-23(13-11-22)18(25)19(7-8-19)17(24)21-15-6-2-4-14-5-3-9-20-16(14)15/h2-6,9H,7-8,10-13H2,1H3,(H,21,24). The van der Waals surface area contributed by atoms with Crippen LogP contribution < -0.4 is 5.32 Å². The lowest BCUT2D eigenvalue weighted by Crippen LogP contribution is -2.51. The van der Waals surface area contributed by atoms with Crippen LogP contribution in [0.5, 0.6) is 0 Å². The van der Waals surface area contributed by atoms with Gasteiger partial charge in [0.1, 0.15) is 5.41 Å². The molecule has 1 aliphatic carbocycles. The Bertz CT molecular complexity index is 818. The number of likely N-dealkylation sites (N-methyl/N-ethyl adjacent to an activating group) is 1. The Labute approximate surface area is 146 Å². The zero-order valence-electron chi connectivity index (χ0n) is 14.4. The summed E-state index contributed by atoms with van der Waals surface area (Å²) in [7, 11) is 2.05. The molecule has 1 aliphatic heterocycles. The van der Waals surface area contributed by atoms with Crippen molar-refractivity contribution >= 4 is 28.4 Å². The molecule has 130 valence electrons. The van der Waals surface area contributed by atoms with Crippen LogP contribution in [0.25, 0.3) is 10.9 Å². The van der Waals surface area contributed by atoms with Gasteiger partial charge in [-0.3, -0.25) is 14.6 Å². The van der Waals surface area contributed by atoms with E-state index in [-0.39, 0.29) is 11.8 Å². The summed E-state index contributed by atoms with van der Waals surface area (Å²) in [5.74, 6) is -0.221.